The van der Waals surface area contributed by atoms with Crippen molar-refractivity contribution in [1.82, 2.24) is 4.98 Å². The van der Waals surface area contributed by atoms with Gasteiger partial charge in [-0.05, 0) is 18.9 Å². The van der Waals surface area contributed by atoms with Gasteiger partial charge in [-0.3, -0.25) is 14.9 Å². The summed E-state index contributed by atoms with van der Waals surface area (Å²) in [4.78, 5) is 25.3. The minimum absolute atomic E-state index is 0.184. The number of nitrogens with two attached hydrogens (primary N) is 1. The van der Waals surface area contributed by atoms with Gasteiger partial charge in [0, 0.05) is 12.6 Å². The van der Waals surface area contributed by atoms with Gasteiger partial charge in [0.25, 0.3) is 0 Å². The van der Waals surface area contributed by atoms with E-state index in [0.717, 1.165) is 12.8 Å². The van der Waals surface area contributed by atoms with Gasteiger partial charge in [0.15, 0.2) is 0 Å². The molecule has 2 rings (SSSR count). The van der Waals surface area contributed by atoms with Gasteiger partial charge in [-0.15, -0.1) is 0 Å². The smallest absolute Gasteiger partial charge is 0.311 e. The van der Waals surface area contributed by atoms with Crippen molar-refractivity contribution >= 4 is 23.3 Å². The van der Waals surface area contributed by atoms with Crippen LogP contribution in [-0.2, 0) is 4.79 Å². The Bertz CT molecular complexity index is 540. The summed E-state index contributed by atoms with van der Waals surface area (Å²) in [7, 11) is 0. The van der Waals surface area contributed by atoms with Crippen LogP contribution in [0.5, 0.6) is 0 Å². The minimum Gasteiger partial charge on any atom is -0.481 e. The number of anilines is 2. The molecular weight excluding hydrogens is 264 g/mol. The number of pyridine rings is 1. The van der Waals surface area contributed by atoms with Crippen molar-refractivity contribution < 1.29 is 14.8 Å². The quantitative estimate of drug-likeness (QED) is 0.551. The largest absolute Gasteiger partial charge is 0.481 e. The van der Waals surface area contributed by atoms with E-state index in [0.29, 0.717) is 18.7 Å². The number of hydrogen-bond acceptors (Lipinski definition) is 6. The summed E-state index contributed by atoms with van der Waals surface area (Å²) in [5.74, 6) is -0.659. The van der Waals surface area contributed by atoms with E-state index >= 15 is 0 Å². The molecule has 0 amide bonds. The maximum Gasteiger partial charge on any atom is 0.311 e. The lowest BCUT2D eigenvalue weighted by Crippen LogP contribution is -2.35. The SMILES string of the molecule is Nc1nc(NCC2(C(=O)O)CCCC2)ccc1[N+](=O)[O-]. The van der Waals surface area contributed by atoms with Crippen molar-refractivity contribution in [2.24, 2.45) is 5.41 Å². The molecule has 4 N–H and O–H groups in total. The highest BCUT2D eigenvalue weighted by molar-refractivity contribution is 5.76. The van der Waals surface area contributed by atoms with Gasteiger partial charge in [-0.25, -0.2) is 4.98 Å². The van der Waals surface area contributed by atoms with Gasteiger partial charge in [0.05, 0.1) is 10.3 Å². The Balaban J connectivity index is 2.09. The molecule has 0 saturated heterocycles. The predicted octanol–water partition coefficient (Wildman–Crippen LogP) is 1.63. The molecule has 20 heavy (non-hydrogen) atoms. The summed E-state index contributed by atoms with van der Waals surface area (Å²) >= 11 is 0. The van der Waals surface area contributed by atoms with Gasteiger partial charge in [0.2, 0.25) is 5.82 Å². The van der Waals surface area contributed by atoms with Crippen LogP contribution in [-0.4, -0.2) is 27.5 Å². The van der Waals surface area contributed by atoms with Crippen LogP contribution >= 0.6 is 0 Å². The molecule has 1 aromatic rings. The molecule has 0 aromatic carbocycles. The van der Waals surface area contributed by atoms with Crippen molar-refractivity contribution in [2.45, 2.75) is 25.7 Å². The van der Waals surface area contributed by atoms with Gasteiger partial charge in [-0.1, -0.05) is 12.8 Å². The summed E-state index contributed by atoms with van der Waals surface area (Å²) in [5, 5.41) is 22.9. The predicted molar refractivity (Wildman–Crippen MR) is 72.3 cm³/mol. The number of carboxylic acids is 1. The van der Waals surface area contributed by atoms with Crippen LogP contribution in [0.4, 0.5) is 17.3 Å². The Morgan fingerprint density at radius 2 is 2.15 bits per heavy atom. The van der Waals surface area contributed by atoms with Crippen molar-refractivity contribution in [2.75, 3.05) is 17.6 Å². The minimum atomic E-state index is -0.822. The normalized spacial score (nSPS) is 16.8. The molecule has 0 atom stereocenters. The Labute approximate surface area is 115 Å². The highest BCUT2D eigenvalue weighted by Crippen LogP contribution is 2.38. The van der Waals surface area contributed by atoms with Gasteiger partial charge >= 0.3 is 11.7 Å². The molecule has 0 spiro atoms. The number of rotatable bonds is 5. The van der Waals surface area contributed by atoms with Crippen LogP contribution in [0.25, 0.3) is 0 Å². The third-order valence-electron chi connectivity index (χ3n) is 3.72. The molecule has 108 valence electrons. The monoisotopic (exact) mass is 280 g/mol. The lowest BCUT2D eigenvalue weighted by molar-refractivity contribution is -0.384. The fourth-order valence-corrected chi connectivity index (χ4v) is 2.50. The molecule has 1 saturated carbocycles. The van der Waals surface area contributed by atoms with E-state index in [1.54, 1.807) is 0 Å². The first kappa shape index (κ1) is 14.0. The number of aromatic nitrogens is 1. The molecular formula is C12H16N4O4. The Morgan fingerprint density at radius 1 is 1.50 bits per heavy atom. The zero-order valence-electron chi connectivity index (χ0n) is 10.8. The molecule has 1 aliphatic carbocycles. The second kappa shape index (κ2) is 5.32. The number of carboxylic acid groups (broad SMARTS) is 1. The van der Waals surface area contributed by atoms with E-state index in [-0.39, 0.29) is 18.1 Å². The van der Waals surface area contributed by atoms with Crippen LogP contribution in [0.1, 0.15) is 25.7 Å². The Morgan fingerprint density at radius 3 is 2.65 bits per heavy atom. The van der Waals surface area contributed by atoms with Crippen molar-refractivity contribution in [3.63, 3.8) is 0 Å². The summed E-state index contributed by atoms with van der Waals surface area (Å²) in [6, 6.07) is 2.69. The third-order valence-corrected chi connectivity index (χ3v) is 3.72. The third kappa shape index (κ3) is 2.63. The van der Waals surface area contributed by atoms with Crippen molar-refractivity contribution in [3.8, 4) is 0 Å². The lowest BCUT2D eigenvalue weighted by atomic mass is 9.86. The molecule has 1 fully saturated rings. The molecule has 8 nitrogen and oxygen atoms in total. The zero-order chi connectivity index (χ0) is 14.8. The number of carbonyl (C=O) groups is 1. The maximum atomic E-state index is 11.4. The van der Waals surface area contributed by atoms with Crippen LogP contribution in [0, 0.1) is 15.5 Å². The molecule has 1 aromatic heterocycles. The average Bonchev–Trinajstić information content (AvgIpc) is 2.86. The highest BCUT2D eigenvalue weighted by Gasteiger charge is 2.41. The number of nitrogen functional groups attached to an aromatic ring is 1. The second-order valence-electron chi connectivity index (χ2n) is 5.00. The van der Waals surface area contributed by atoms with E-state index in [1.165, 1.54) is 12.1 Å². The number of nitrogens with zero attached hydrogens (tertiary/aromatic N) is 2. The van der Waals surface area contributed by atoms with E-state index in [9.17, 15) is 20.0 Å². The van der Waals surface area contributed by atoms with E-state index in [4.69, 9.17) is 5.73 Å². The second-order valence-corrected chi connectivity index (χ2v) is 5.00. The number of hydrogen-bond donors (Lipinski definition) is 3. The van der Waals surface area contributed by atoms with Gasteiger partial charge < -0.3 is 16.2 Å². The first-order valence-electron chi connectivity index (χ1n) is 6.33. The van der Waals surface area contributed by atoms with Crippen molar-refractivity contribution in [3.05, 3.63) is 22.2 Å². The zero-order valence-corrected chi connectivity index (χ0v) is 10.8. The van der Waals surface area contributed by atoms with E-state index < -0.39 is 16.3 Å². The van der Waals surface area contributed by atoms with Gasteiger partial charge in [-0.2, -0.15) is 0 Å². The number of nitrogens with one attached hydrogen (secondary N) is 1. The number of nitro groups is 1. The number of aliphatic carboxylic acids is 1. The first-order chi connectivity index (χ1) is 9.44. The summed E-state index contributed by atoms with van der Waals surface area (Å²) < 4.78 is 0. The van der Waals surface area contributed by atoms with Gasteiger partial charge in [0.1, 0.15) is 5.82 Å². The van der Waals surface area contributed by atoms with Crippen LogP contribution in [0.2, 0.25) is 0 Å². The molecule has 8 heteroatoms. The summed E-state index contributed by atoms with van der Waals surface area (Å²) in [6.07, 6.45) is 3.03. The average molecular weight is 280 g/mol. The lowest BCUT2D eigenvalue weighted by Gasteiger charge is -2.24. The molecule has 1 aliphatic rings. The summed E-state index contributed by atoms with van der Waals surface area (Å²) in [5.41, 5.74) is 4.45. The van der Waals surface area contributed by atoms with Crippen LogP contribution in [0.3, 0.4) is 0 Å². The fourth-order valence-electron chi connectivity index (χ4n) is 2.50. The molecule has 0 unspecified atom stereocenters. The standard InChI is InChI=1S/C12H16N4O4/c13-10-8(16(19)20)3-4-9(15-10)14-7-12(11(17)18)5-1-2-6-12/h3-4H,1-2,5-7H2,(H,17,18)(H3,13,14,15). The van der Waals surface area contributed by atoms with E-state index in [1.807, 2.05) is 0 Å². The van der Waals surface area contributed by atoms with E-state index in [2.05, 4.69) is 10.3 Å². The fraction of sp³-hybridized carbons (Fsp3) is 0.500. The van der Waals surface area contributed by atoms with Crippen molar-refractivity contribution in [1.29, 1.82) is 0 Å². The molecule has 1 heterocycles. The van der Waals surface area contributed by atoms with Crippen LogP contribution < -0.4 is 11.1 Å². The molecule has 0 bridgehead atoms. The van der Waals surface area contributed by atoms with Crippen LogP contribution in [0.15, 0.2) is 12.1 Å². The summed E-state index contributed by atoms with van der Waals surface area (Å²) in [6.45, 7) is 0.243. The first-order valence-corrected chi connectivity index (χ1v) is 6.33. The topological polar surface area (TPSA) is 131 Å². The Kier molecular flexibility index (Phi) is 3.73. The Hall–Kier alpha value is -2.38. The molecule has 0 radical (unpaired) electrons. The molecule has 0 aliphatic heterocycles. The highest BCUT2D eigenvalue weighted by atomic mass is 16.6. The maximum absolute atomic E-state index is 11.4.